The van der Waals surface area contributed by atoms with Crippen molar-refractivity contribution in [3.8, 4) is 0 Å². The molecule has 1 aromatic heterocycles. The smallest absolute Gasteiger partial charge is 0.287 e. The maximum Gasteiger partial charge on any atom is 0.287 e. The lowest BCUT2D eigenvalue weighted by molar-refractivity contribution is 0.0912. The molecule has 0 aliphatic carbocycles. The molecule has 1 amide bonds. The summed E-state index contributed by atoms with van der Waals surface area (Å²) >= 11 is 3.09. The fourth-order valence-electron chi connectivity index (χ4n) is 1.60. The number of halogens is 1. The van der Waals surface area contributed by atoms with Crippen molar-refractivity contribution in [2.45, 2.75) is 12.5 Å². The van der Waals surface area contributed by atoms with Gasteiger partial charge >= 0.3 is 0 Å². The first-order valence-corrected chi connectivity index (χ1v) is 7.34. The molecule has 7 heteroatoms. The van der Waals surface area contributed by atoms with Crippen LogP contribution in [0.15, 0.2) is 21.2 Å². The third-order valence-electron chi connectivity index (χ3n) is 2.36. The summed E-state index contributed by atoms with van der Waals surface area (Å²) in [6.45, 7) is 0. The summed E-state index contributed by atoms with van der Waals surface area (Å²) in [4.78, 5) is 11.6. The van der Waals surface area contributed by atoms with Crippen molar-refractivity contribution in [2.75, 3.05) is 11.5 Å². The van der Waals surface area contributed by atoms with Gasteiger partial charge in [-0.2, -0.15) is 0 Å². The molecule has 1 aliphatic heterocycles. The topological polar surface area (TPSA) is 76.4 Å². The number of sulfone groups is 1. The zero-order chi connectivity index (χ0) is 11.8. The molecule has 1 fully saturated rings. The van der Waals surface area contributed by atoms with Crippen LogP contribution in [0.2, 0.25) is 0 Å². The Kier molecular flexibility index (Phi) is 3.07. The summed E-state index contributed by atoms with van der Waals surface area (Å²) in [5.74, 6) is -0.0515. The first kappa shape index (κ1) is 11.7. The van der Waals surface area contributed by atoms with E-state index in [9.17, 15) is 13.2 Å². The minimum atomic E-state index is -2.97. The van der Waals surface area contributed by atoms with Gasteiger partial charge in [-0.25, -0.2) is 8.42 Å². The standard InChI is InChI=1S/C9H10BrNO4S/c10-8-2-1-7(15-8)9(12)11-6-3-4-16(13,14)5-6/h1-2,6H,3-5H2,(H,11,12)/t6-/m1/s1. The number of hydrogen-bond acceptors (Lipinski definition) is 4. The predicted molar refractivity (Wildman–Crippen MR) is 60.9 cm³/mol. The number of carbonyl (C=O) groups excluding carboxylic acids is 1. The van der Waals surface area contributed by atoms with Crippen LogP contribution in [0.25, 0.3) is 0 Å². The Hall–Kier alpha value is -0.820. The third-order valence-corrected chi connectivity index (χ3v) is 4.56. The van der Waals surface area contributed by atoms with E-state index in [0.717, 1.165) is 0 Å². The quantitative estimate of drug-likeness (QED) is 0.883. The number of furan rings is 1. The van der Waals surface area contributed by atoms with E-state index in [-0.39, 0.29) is 29.2 Å². The van der Waals surface area contributed by atoms with Gasteiger partial charge in [-0.05, 0) is 34.5 Å². The van der Waals surface area contributed by atoms with Gasteiger partial charge in [0.15, 0.2) is 20.3 Å². The summed E-state index contributed by atoms with van der Waals surface area (Å²) < 4.78 is 27.9. The second-order valence-electron chi connectivity index (χ2n) is 3.68. The minimum Gasteiger partial charge on any atom is -0.444 e. The Morgan fingerprint density at radius 2 is 2.25 bits per heavy atom. The van der Waals surface area contributed by atoms with E-state index in [4.69, 9.17) is 4.42 Å². The average molecular weight is 308 g/mol. The predicted octanol–water partition coefficient (Wildman–Crippen LogP) is 0.959. The zero-order valence-corrected chi connectivity index (χ0v) is 10.7. The van der Waals surface area contributed by atoms with Crippen molar-refractivity contribution in [2.24, 2.45) is 0 Å². The number of nitrogens with one attached hydrogen (secondary N) is 1. The van der Waals surface area contributed by atoms with Crippen molar-refractivity contribution in [1.82, 2.24) is 5.32 Å². The van der Waals surface area contributed by atoms with Crippen LogP contribution >= 0.6 is 15.9 Å². The molecular formula is C9H10BrNO4S. The maximum absolute atomic E-state index is 11.6. The van der Waals surface area contributed by atoms with E-state index >= 15 is 0 Å². The van der Waals surface area contributed by atoms with Crippen LogP contribution < -0.4 is 5.32 Å². The minimum absolute atomic E-state index is 0.0145. The third kappa shape index (κ3) is 2.65. The summed E-state index contributed by atoms with van der Waals surface area (Å²) in [5, 5.41) is 2.63. The van der Waals surface area contributed by atoms with Gasteiger partial charge in [0.25, 0.3) is 5.91 Å². The highest BCUT2D eigenvalue weighted by atomic mass is 79.9. The molecule has 16 heavy (non-hydrogen) atoms. The normalized spacial score (nSPS) is 23.2. The van der Waals surface area contributed by atoms with Crippen LogP contribution in [0, 0.1) is 0 Å². The van der Waals surface area contributed by atoms with E-state index in [1.807, 2.05) is 0 Å². The van der Waals surface area contributed by atoms with Gasteiger partial charge in [-0.1, -0.05) is 0 Å². The highest BCUT2D eigenvalue weighted by Crippen LogP contribution is 2.16. The number of hydrogen-bond donors (Lipinski definition) is 1. The molecule has 1 N–H and O–H groups in total. The Bertz CT molecular complexity index is 507. The van der Waals surface area contributed by atoms with Crippen LogP contribution in [0.4, 0.5) is 0 Å². The number of carbonyl (C=O) groups is 1. The lowest BCUT2D eigenvalue weighted by Crippen LogP contribution is -2.35. The van der Waals surface area contributed by atoms with Crippen molar-refractivity contribution < 1.29 is 17.6 Å². The second kappa shape index (κ2) is 4.21. The first-order chi connectivity index (χ1) is 7.46. The first-order valence-electron chi connectivity index (χ1n) is 4.73. The molecule has 88 valence electrons. The van der Waals surface area contributed by atoms with Crippen molar-refractivity contribution in [3.05, 3.63) is 22.6 Å². The van der Waals surface area contributed by atoms with Crippen LogP contribution in [0.3, 0.4) is 0 Å². The Labute approximate surface area is 101 Å². The molecule has 0 saturated carbocycles. The highest BCUT2D eigenvalue weighted by molar-refractivity contribution is 9.10. The monoisotopic (exact) mass is 307 g/mol. The lowest BCUT2D eigenvalue weighted by Gasteiger charge is -2.08. The molecule has 0 spiro atoms. The molecule has 1 aromatic rings. The summed E-state index contributed by atoms with van der Waals surface area (Å²) in [6, 6.07) is 2.84. The molecular weight excluding hydrogens is 298 g/mol. The summed E-state index contributed by atoms with van der Waals surface area (Å²) in [5.41, 5.74) is 0. The Balaban J connectivity index is 1.99. The SMILES string of the molecule is O=C(N[C@@H]1CCS(=O)(=O)C1)c1ccc(Br)o1. The van der Waals surface area contributed by atoms with E-state index in [2.05, 4.69) is 21.2 Å². The molecule has 2 heterocycles. The van der Waals surface area contributed by atoms with E-state index in [1.54, 1.807) is 6.07 Å². The Morgan fingerprint density at radius 1 is 1.50 bits per heavy atom. The second-order valence-corrected chi connectivity index (χ2v) is 6.69. The van der Waals surface area contributed by atoms with Gasteiger partial charge in [0.2, 0.25) is 0 Å². The molecule has 0 unspecified atom stereocenters. The van der Waals surface area contributed by atoms with E-state index in [0.29, 0.717) is 11.1 Å². The van der Waals surface area contributed by atoms with Crippen LogP contribution in [0.5, 0.6) is 0 Å². The molecule has 0 radical (unpaired) electrons. The van der Waals surface area contributed by atoms with Crippen LogP contribution in [0.1, 0.15) is 17.0 Å². The fraction of sp³-hybridized carbons (Fsp3) is 0.444. The van der Waals surface area contributed by atoms with Crippen LogP contribution in [-0.4, -0.2) is 31.9 Å². The molecule has 1 saturated heterocycles. The van der Waals surface area contributed by atoms with Crippen molar-refractivity contribution in [1.29, 1.82) is 0 Å². The molecule has 0 bridgehead atoms. The van der Waals surface area contributed by atoms with E-state index < -0.39 is 9.84 Å². The molecule has 1 atom stereocenters. The van der Waals surface area contributed by atoms with Gasteiger partial charge in [0.05, 0.1) is 11.5 Å². The molecule has 5 nitrogen and oxygen atoms in total. The van der Waals surface area contributed by atoms with Gasteiger partial charge in [0, 0.05) is 6.04 Å². The van der Waals surface area contributed by atoms with E-state index in [1.165, 1.54) is 6.07 Å². The summed E-state index contributed by atoms with van der Waals surface area (Å²) in [6.07, 6.45) is 0.468. The number of rotatable bonds is 2. The highest BCUT2D eigenvalue weighted by Gasteiger charge is 2.29. The van der Waals surface area contributed by atoms with Gasteiger partial charge in [-0.3, -0.25) is 4.79 Å². The fourth-order valence-corrected chi connectivity index (χ4v) is 3.58. The lowest BCUT2D eigenvalue weighted by atomic mass is 10.2. The van der Waals surface area contributed by atoms with Gasteiger partial charge < -0.3 is 9.73 Å². The maximum atomic E-state index is 11.6. The molecule has 1 aliphatic rings. The van der Waals surface area contributed by atoms with Gasteiger partial charge in [0.1, 0.15) is 0 Å². The molecule has 2 rings (SSSR count). The average Bonchev–Trinajstić information content (AvgIpc) is 2.73. The molecule has 0 aromatic carbocycles. The zero-order valence-electron chi connectivity index (χ0n) is 8.27. The largest absolute Gasteiger partial charge is 0.444 e. The number of amides is 1. The van der Waals surface area contributed by atoms with Crippen molar-refractivity contribution in [3.63, 3.8) is 0 Å². The van der Waals surface area contributed by atoms with Crippen molar-refractivity contribution >= 4 is 31.7 Å². The van der Waals surface area contributed by atoms with Gasteiger partial charge in [-0.15, -0.1) is 0 Å². The Morgan fingerprint density at radius 3 is 2.75 bits per heavy atom. The summed E-state index contributed by atoms with van der Waals surface area (Å²) in [7, 11) is -2.97. The van der Waals surface area contributed by atoms with Crippen LogP contribution in [-0.2, 0) is 9.84 Å².